The summed E-state index contributed by atoms with van der Waals surface area (Å²) in [7, 11) is -2.38. The van der Waals surface area contributed by atoms with Crippen molar-refractivity contribution in [2.24, 2.45) is 0 Å². The summed E-state index contributed by atoms with van der Waals surface area (Å²) in [4.78, 5) is 16.2. The summed E-state index contributed by atoms with van der Waals surface area (Å²) in [5.74, 6) is 0.00528. The number of aromatic nitrogens is 2. The number of carbonyl (C=O) groups is 1. The summed E-state index contributed by atoms with van der Waals surface area (Å²) in [6, 6.07) is 11.8. The van der Waals surface area contributed by atoms with E-state index in [9.17, 15) is 17.6 Å². The third-order valence-corrected chi connectivity index (χ3v) is 6.50. The lowest BCUT2D eigenvalue weighted by Crippen LogP contribution is -2.28. The fourth-order valence-electron chi connectivity index (χ4n) is 2.92. The smallest absolute Gasteiger partial charge is 0.306 e. The Kier molecular flexibility index (Phi) is 8.12. The lowest BCUT2D eigenvalue weighted by molar-refractivity contribution is -0.145. The van der Waals surface area contributed by atoms with Gasteiger partial charge in [0.05, 0.1) is 17.1 Å². The van der Waals surface area contributed by atoms with Gasteiger partial charge in [0, 0.05) is 20.0 Å². The highest BCUT2D eigenvalue weighted by Gasteiger charge is 2.21. The first kappa shape index (κ1) is 24.3. The zero-order valence-corrected chi connectivity index (χ0v) is 19.0. The van der Waals surface area contributed by atoms with Crippen LogP contribution in [0, 0.1) is 5.82 Å². The molecule has 0 amide bonds. The first-order valence-electron chi connectivity index (χ1n) is 10.2. The molecule has 0 aliphatic carbocycles. The van der Waals surface area contributed by atoms with Gasteiger partial charge in [0.1, 0.15) is 11.6 Å². The first-order chi connectivity index (χ1) is 15.8. The van der Waals surface area contributed by atoms with Crippen LogP contribution in [-0.2, 0) is 26.2 Å². The monoisotopic (exact) mass is 477 g/mol. The molecule has 9 nitrogen and oxygen atoms in total. The second-order valence-corrected chi connectivity index (χ2v) is 9.03. The number of rotatable bonds is 11. The molecular weight excluding hydrogens is 453 g/mol. The highest BCUT2D eigenvalue weighted by atomic mass is 32.2. The Labute approximate surface area is 191 Å². The molecule has 0 spiro atoms. The van der Waals surface area contributed by atoms with E-state index in [4.69, 9.17) is 14.0 Å². The Bertz CT molecular complexity index is 1180. The lowest BCUT2D eigenvalue weighted by Gasteiger charge is -2.16. The van der Waals surface area contributed by atoms with Gasteiger partial charge in [0.15, 0.2) is 6.61 Å². The molecule has 0 radical (unpaired) electrons. The zero-order chi connectivity index (χ0) is 23.8. The van der Waals surface area contributed by atoms with Crippen molar-refractivity contribution in [1.29, 1.82) is 0 Å². The molecule has 0 saturated carbocycles. The molecular formula is C22H24FN3O6S. The Morgan fingerprint density at radius 1 is 1.15 bits per heavy atom. The molecule has 0 atom stereocenters. The van der Waals surface area contributed by atoms with Crippen LogP contribution in [0.4, 0.5) is 4.39 Å². The molecule has 2 aromatic carbocycles. The molecule has 0 N–H and O–H groups in total. The number of hydrogen-bond acceptors (Lipinski definition) is 8. The van der Waals surface area contributed by atoms with Crippen LogP contribution in [0.15, 0.2) is 57.9 Å². The van der Waals surface area contributed by atoms with Gasteiger partial charge in [-0.25, -0.2) is 17.1 Å². The lowest BCUT2D eigenvalue weighted by atomic mass is 10.2. The maximum absolute atomic E-state index is 13.0. The van der Waals surface area contributed by atoms with Crippen LogP contribution < -0.4 is 4.74 Å². The summed E-state index contributed by atoms with van der Waals surface area (Å²) >= 11 is 0. The van der Waals surface area contributed by atoms with Gasteiger partial charge in [-0.2, -0.15) is 4.98 Å². The van der Waals surface area contributed by atoms with E-state index in [-0.39, 0.29) is 36.8 Å². The van der Waals surface area contributed by atoms with Gasteiger partial charge in [-0.1, -0.05) is 17.3 Å². The van der Waals surface area contributed by atoms with Crippen molar-refractivity contribution in [3.05, 3.63) is 60.2 Å². The van der Waals surface area contributed by atoms with E-state index < -0.39 is 21.8 Å². The number of benzene rings is 2. The highest BCUT2D eigenvalue weighted by Crippen LogP contribution is 2.27. The van der Waals surface area contributed by atoms with Crippen molar-refractivity contribution in [2.75, 3.05) is 20.2 Å². The number of nitrogens with zero attached hydrogens (tertiary/aromatic N) is 3. The molecule has 176 valence electrons. The molecule has 1 aromatic heterocycles. The van der Waals surface area contributed by atoms with Gasteiger partial charge >= 0.3 is 5.97 Å². The van der Waals surface area contributed by atoms with Gasteiger partial charge in [-0.3, -0.25) is 4.79 Å². The summed E-state index contributed by atoms with van der Waals surface area (Å²) in [5, 5.41) is 3.90. The quantitative estimate of drug-likeness (QED) is 0.386. The Morgan fingerprint density at radius 3 is 2.61 bits per heavy atom. The number of ether oxygens (including phenoxy) is 2. The van der Waals surface area contributed by atoms with Gasteiger partial charge < -0.3 is 14.0 Å². The summed E-state index contributed by atoms with van der Waals surface area (Å²) in [5.41, 5.74) is 0.658. The van der Waals surface area contributed by atoms with Crippen molar-refractivity contribution >= 4 is 16.0 Å². The fourth-order valence-corrected chi connectivity index (χ4v) is 4.13. The normalized spacial score (nSPS) is 11.5. The van der Waals surface area contributed by atoms with E-state index in [1.54, 1.807) is 12.1 Å². The second kappa shape index (κ2) is 11.0. The number of para-hydroxylation sites is 1. The molecule has 33 heavy (non-hydrogen) atoms. The fraction of sp³-hybridized carbons (Fsp3) is 0.318. The van der Waals surface area contributed by atoms with E-state index in [1.807, 2.05) is 19.1 Å². The maximum atomic E-state index is 13.0. The average Bonchev–Trinajstić information content (AvgIpc) is 3.27. The van der Waals surface area contributed by atoms with Crippen molar-refractivity contribution in [3.8, 4) is 17.1 Å². The van der Waals surface area contributed by atoms with Crippen molar-refractivity contribution in [1.82, 2.24) is 14.4 Å². The minimum absolute atomic E-state index is 0.00253. The topological polar surface area (TPSA) is 112 Å². The van der Waals surface area contributed by atoms with E-state index in [1.165, 1.54) is 19.2 Å². The summed E-state index contributed by atoms with van der Waals surface area (Å²) in [6.07, 6.45) is 0.240. The number of sulfonamides is 1. The van der Waals surface area contributed by atoms with Gasteiger partial charge in [0.25, 0.3) is 5.89 Å². The van der Waals surface area contributed by atoms with Crippen molar-refractivity contribution in [2.45, 2.75) is 31.3 Å². The second-order valence-electron chi connectivity index (χ2n) is 6.99. The number of esters is 1. The number of halogens is 1. The van der Waals surface area contributed by atoms with Gasteiger partial charge in [-0.15, -0.1) is 0 Å². The Morgan fingerprint density at radius 2 is 1.88 bits per heavy atom. The molecule has 3 aromatic rings. The highest BCUT2D eigenvalue weighted by molar-refractivity contribution is 7.89. The standard InChI is InChI=1S/C22H24FN3O6S/c1-3-30-19-8-5-4-7-18(19)22-24-20(32-25-22)15-31-21(27)9-6-14-26(2)33(28,29)17-12-10-16(23)11-13-17/h4-5,7-8,10-13H,3,6,9,14-15H2,1-2H3. The molecule has 1 heterocycles. The molecule has 3 rings (SSSR count). The molecule has 0 fully saturated rings. The van der Waals surface area contributed by atoms with E-state index in [0.29, 0.717) is 23.7 Å². The molecule has 11 heteroatoms. The minimum Gasteiger partial charge on any atom is -0.493 e. The van der Waals surface area contributed by atoms with Crippen LogP contribution in [0.3, 0.4) is 0 Å². The van der Waals surface area contributed by atoms with Gasteiger partial charge in [-0.05, 0) is 49.7 Å². The summed E-state index contributed by atoms with van der Waals surface area (Å²) < 4.78 is 54.9. The Hall–Kier alpha value is -3.31. The third-order valence-electron chi connectivity index (χ3n) is 4.63. The van der Waals surface area contributed by atoms with Crippen LogP contribution in [0.1, 0.15) is 25.7 Å². The predicted molar refractivity (Wildman–Crippen MR) is 116 cm³/mol. The van der Waals surface area contributed by atoms with Crippen LogP contribution in [-0.4, -0.2) is 49.0 Å². The molecule has 0 unspecified atom stereocenters. The van der Waals surface area contributed by atoms with Crippen LogP contribution in [0.25, 0.3) is 11.4 Å². The number of hydrogen-bond donors (Lipinski definition) is 0. The van der Waals surface area contributed by atoms with Crippen molar-refractivity contribution in [3.63, 3.8) is 0 Å². The Balaban J connectivity index is 1.47. The molecule has 0 aliphatic heterocycles. The molecule has 0 bridgehead atoms. The van der Waals surface area contributed by atoms with Gasteiger partial charge in [0.2, 0.25) is 15.8 Å². The average molecular weight is 478 g/mol. The van der Waals surface area contributed by atoms with E-state index in [2.05, 4.69) is 10.1 Å². The van der Waals surface area contributed by atoms with Crippen LogP contribution in [0.2, 0.25) is 0 Å². The van der Waals surface area contributed by atoms with Crippen molar-refractivity contribution < 1.29 is 31.6 Å². The van der Waals surface area contributed by atoms with E-state index >= 15 is 0 Å². The van der Waals surface area contributed by atoms with E-state index in [0.717, 1.165) is 16.4 Å². The minimum atomic E-state index is -3.77. The SMILES string of the molecule is CCOc1ccccc1-c1noc(COC(=O)CCCN(C)S(=O)(=O)c2ccc(F)cc2)n1. The summed E-state index contributed by atoms with van der Waals surface area (Å²) in [6.45, 7) is 2.24. The molecule has 0 saturated heterocycles. The van der Waals surface area contributed by atoms with Crippen LogP contribution >= 0.6 is 0 Å². The zero-order valence-electron chi connectivity index (χ0n) is 18.2. The predicted octanol–water partition coefficient (Wildman–Crippen LogP) is 3.42. The number of carbonyl (C=O) groups excluding carboxylic acids is 1. The largest absolute Gasteiger partial charge is 0.493 e. The molecule has 0 aliphatic rings. The van der Waals surface area contributed by atoms with Crippen LogP contribution in [0.5, 0.6) is 5.75 Å². The first-order valence-corrected chi connectivity index (χ1v) is 11.7. The maximum Gasteiger partial charge on any atom is 0.306 e. The third kappa shape index (κ3) is 6.36.